The number of carbonyl (C=O) groups is 1. The van der Waals surface area contributed by atoms with Crippen LogP contribution in [-0.4, -0.2) is 12.5 Å². The molecule has 86 valence electrons. The van der Waals surface area contributed by atoms with Crippen LogP contribution in [0.25, 0.3) is 0 Å². The maximum atomic E-state index is 11.9. The molecule has 1 aliphatic heterocycles. The Bertz CT molecular complexity index is 406. The van der Waals surface area contributed by atoms with E-state index in [1.165, 1.54) is 0 Å². The van der Waals surface area contributed by atoms with Crippen molar-refractivity contribution in [2.45, 2.75) is 25.7 Å². The average Bonchev–Trinajstić information content (AvgIpc) is 2.47. The van der Waals surface area contributed by atoms with Crippen LogP contribution in [0.3, 0.4) is 0 Å². The summed E-state index contributed by atoms with van der Waals surface area (Å²) in [6.45, 7) is 0.739. The molecule has 1 heterocycles. The highest BCUT2D eigenvalue weighted by Crippen LogP contribution is 2.29. The number of nitrogens with zero attached hydrogens (tertiary/aromatic N) is 1. The Labute approximate surface area is 100 Å². The van der Waals surface area contributed by atoms with Gasteiger partial charge in [0.25, 0.3) is 0 Å². The molecule has 0 bridgehead atoms. The molecule has 0 radical (unpaired) electrons. The minimum Gasteiger partial charge on any atom is -0.397 e. The average molecular weight is 239 g/mol. The van der Waals surface area contributed by atoms with E-state index in [0.29, 0.717) is 17.1 Å². The summed E-state index contributed by atoms with van der Waals surface area (Å²) in [4.78, 5) is 13.7. The fourth-order valence-corrected chi connectivity index (χ4v) is 2.15. The zero-order valence-electron chi connectivity index (χ0n) is 9.08. The van der Waals surface area contributed by atoms with Crippen molar-refractivity contribution in [3.05, 3.63) is 23.2 Å². The highest BCUT2D eigenvalue weighted by molar-refractivity contribution is 6.31. The van der Waals surface area contributed by atoms with Crippen LogP contribution in [0.4, 0.5) is 11.4 Å². The van der Waals surface area contributed by atoms with Crippen molar-refractivity contribution in [1.82, 2.24) is 0 Å². The normalized spacial score (nSPS) is 17.3. The van der Waals surface area contributed by atoms with Crippen molar-refractivity contribution in [2.24, 2.45) is 0 Å². The molecular formula is C12H15ClN2O. The highest BCUT2D eigenvalue weighted by Gasteiger charge is 2.20. The second-order valence-electron chi connectivity index (χ2n) is 4.06. The van der Waals surface area contributed by atoms with Crippen molar-refractivity contribution in [3.8, 4) is 0 Å². The van der Waals surface area contributed by atoms with Gasteiger partial charge in [-0.3, -0.25) is 4.79 Å². The van der Waals surface area contributed by atoms with E-state index in [1.807, 2.05) is 0 Å². The fraction of sp³-hybridized carbons (Fsp3) is 0.417. The largest absolute Gasteiger partial charge is 0.397 e. The van der Waals surface area contributed by atoms with Crippen molar-refractivity contribution < 1.29 is 4.79 Å². The minimum atomic E-state index is 0.145. The number of hydrogen-bond donors (Lipinski definition) is 1. The van der Waals surface area contributed by atoms with Crippen LogP contribution in [0, 0.1) is 0 Å². The molecule has 1 amide bonds. The molecule has 2 N–H and O–H groups in total. The number of anilines is 2. The first kappa shape index (κ1) is 11.3. The Balaban J connectivity index is 2.33. The maximum Gasteiger partial charge on any atom is 0.227 e. The Morgan fingerprint density at radius 1 is 1.25 bits per heavy atom. The SMILES string of the molecule is Nc1ccc(Cl)cc1N1CCCCCC1=O. The first-order chi connectivity index (χ1) is 7.68. The molecule has 2 rings (SSSR count). The van der Waals surface area contributed by atoms with Crippen molar-refractivity contribution in [3.63, 3.8) is 0 Å². The molecule has 1 fully saturated rings. The summed E-state index contributed by atoms with van der Waals surface area (Å²) in [6.07, 6.45) is 3.70. The predicted molar refractivity (Wildman–Crippen MR) is 66.7 cm³/mol. The molecular weight excluding hydrogens is 224 g/mol. The molecule has 0 aromatic heterocycles. The third kappa shape index (κ3) is 2.30. The van der Waals surface area contributed by atoms with E-state index in [0.717, 1.165) is 31.5 Å². The lowest BCUT2D eigenvalue weighted by Gasteiger charge is -2.22. The number of amides is 1. The molecule has 4 heteroatoms. The summed E-state index contributed by atoms with van der Waals surface area (Å²) in [7, 11) is 0. The van der Waals surface area contributed by atoms with Gasteiger partial charge in [-0.25, -0.2) is 0 Å². The van der Waals surface area contributed by atoms with Gasteiger partial charge in [0.1, 0.15) is 0 Å². The molecule has 1 aromatic rings. The Hall–Kier alpha value is -1.22. The lowest BCUT2D eigenvalue weighted by atomic mass is 10.2. The number of benzene rings is 1. The molecule has 0 aliphatic carbocycles. The summed E-state index contributed by atoms with van der Waals surface area (Å²) in [5.41, 5.74) is 7.24. The van der Waals surface area contributed by atoms with E-state index in [1.54, 1.807) is 23.1 Å². The monoisotopic (exact) mass is 238 g/mol. The number of carbonyl (C=O) groups excluding carboxylic acids is 1. The van der Waals surface area contributed by atoms with Crippen molar-refractivity contribution in [2.75, 3.05) is 17.2 Å². The zero-order chi connectivity index (χ0) is 11.5. The smallest absolute Gasteiger partial charge is 0.227 e. The Morgan fingerprint density at radius 2 is 2.06 bits per heavy atom. The number of hydrogen-bond acceptors (Lipinski definition) is 2. The zero-order valence-corrected chi connectivity index (χ0v) is 9.83. The summed E-state index contributed by atoms with van der Waals surface area (Å²) < 4.78 is 0. The Kier molecular flexibility index (Phi) is 3.34. The van der Waals surface area contributed by atoms with Crippen molar-refractivity contribution in [1.29, 1.82) is 0 Å². The number of rotatable bonds is 1. The van der Waals surface area contributed by atoms with Gasteiger partial charge in [0.15, 0.2) is 0 Å². The van der Waals surface area contributed by atoms with Gasteiger partial charge in [0, 0.05) is 18.0 Å². The predicted octanol–water partition coefficient (Wildman–Crippen LogP) is 2.83. The van der Waals surface area contributed by atoms with Gasteiger partial charge < -0.3 is 10.6 Å². The molecule has 0 unspecified atom stereocenters. The molecule has 0 spiro atoms. The molecule has 1 saturated heterocycles. The van der Waals surface area contributed by atoms with Crippen LogP contribution >= 0.6 is 11.6 Å². The summed E-state index contributed by atoms with van der Waals surface area (Å²) >= 11 is 5.93. The molecule has 1 aromatic carbocycles. The van der Waals surface area contributed by atoms with Crippen LogP contribution in [0.2, 0.25) is 5.02 Å². The summed E-state index contributed by atoms with van der Waals surface area (Å²) in [5, 5.41) is 0.612. The van der Waals surface area contributed by atoms with Crippen LogP contribution in [0.15, 0.2) is 18.2 Å². The van der Waals surface area contributed by atoms with Gasteiger partial charge in [-0.05, 0) is 31.0 Å². The van der Waals surface area contributed by atoms with Gasteiger partial charge in [-0.2, -0.15) is 0 Å². The third-order valence-electron chi connectivity index (χ3n) is 2.86. The lowest BCUT2D eigenvalue weighted by Crippen LogP contribution is -2.30. The number of nitrogens with two attached hydrogens (primary N) is 1. The van der Waals surface area contributed by atoms with Crippen LogP contribution in [0.5, 0.6) is 0 Å². The van der Waals surface area contributed by atoms with Crippen LogP contribution < -0.4 is 10.6 Å². The van der Waals surface area contributed by atoms with E-state index in [-0.39, 0.29) is 5.91 Å². The maximum absolute atomic E-state index is 11.9. The first-order valence-corrected chi connectivity index (χ1v) is 5.91. The van der Waals surface area contributed by atoms with Gasteiger partial charge in [-0.15, -0.1) is 0 Å². The fourth-order valence-electron chi connectivity index (χ4n) is 1.99. The second kappa shape index (κ2) is 4.74. The lowest BCUT2D eigenvalue weighted by molar-refractivity contribution is -0.118. The van der Waals surface area contributed by atoms with E-state index in [2.05, 4.69) is 0 Å². The van der Waals surface area contributed by atoms with E-state index in [4.69, 9.17) is 17.3 Å². The quantitative estimate of drug-likeness (QED) is 0.765. The van der Waals surface area contributed by atoms with Gasteiger partial charge in [0.2, 0.25) is 5.91 Å². The van der Waals surface area contributed by atoms with Crippen LogP contribution in [-0.2, 0) is 4.79 Å². The third-order valence-corrected chi connectivity index (χ3v) is 3.09. The molecule has 0 saturated carbocycles. The van der Waals surface area contributed by atoms with Crippen molar-refractivity contribution >= 4 is 28.9 Å². The first-order valence-electron chi connectivity index (χ1n) is 5.54. The van der Waals surface area contributed by atoms with Gasteiger partial charge in [0.05, 0.1) is 11.4 Å². The molecule has 0 atom stereocenters. The topological polar surface area (TPSA) is 46.3 Å². The van der Waals surface area contributed by atoms with Crippen LogP contribution in [0.1, 0.15) is 25.7 Å². The standard InChI is InChI=1S/C12H15ClN2O/c13-9-5-6-10(14)11(8-9)15-7-3-1-2-4-12(15)16/h5-6,8H,1-4,7,14H2. The number of nitrogen functional groups attached to an aromatic ring is 1. The van der Waals surface area contributed by atoms with E-state index < -0.39 is 0 Å². The van der Waals surface area contributed by atoms with E-state index >= 15 is 0 Å². The highest BCUT2D eigenvalue weighted by atomic mass is 35.5. The van der Waals surface area contributed by atoms with Gasteiger partial charge in [-0.1, -0.05) is 18.0 Å². The minimum absolute atomic E-state index is 0.145. The number of halogens is 1. The second-order valence-corrected chi connectivity index (χ2v) is 4.50. The molecule has 1 aliphatic rings. The van der Waals surface area contributed by atoms with Gasteiger partial charge >= 0.3 is 0 Å². The summed E-state index contributed by atoms with van der Waals surface area (Å²) in [6, 6.07) is 5.25. The summed E-state index contributed by atoms with van der Waals surface area (Å²) in [5.74, 6) is 0.145. The molecule has 16 heavy (non-hydrogen) atoms. The molecule has 3 nitrogen and oxygen atoms in total. The Morgan fingerprint density at radius 3 is 2.88 bits per heavy atom. The van der Waals surface area contributed by atoms with E-state index in [9.17, 15) is 4.79 Å².